The van der Waals surface area contributed by atoms with Gasteiger partial charge < -0.3 is 4.74 Å². The van der Waals surface area contributed by atoms with Gasteiger partial charge in [-0.15, -0.1) is 0 Å². The molecule has 1 aromatic rings. The molecule has 2 fully saturated rings. The maximum atomic E-state index is 5.79. The van der Waals surface area contributed by atoms with E-state index in [2.05, 4.69) is 41.5 Å². The number of benzene rings is 1. The van der Waals surface area contributed by atoms with Crippen molar-refractivity contribution < 1.29 is 4.74 Å². The van der Waals surface area contributed by atoms with E-state index in [1.807, 2.05) is 6.07 Å². The lowest BCUT2D eigenvalue weighted by molar-refractivity contribution is 0.0534. The second kappa shape index (κ2) is 6.63. The van der Waals surface area contributed by atoms with Crippen molar-refractivity contribution in [2.75, 3.05) is 26.2 Å². The Morgan fingerprint density at radius 2 is 2.19 bits per heavy atom. The summed E-state index contributed by atoms with van der Waals surface area (Å²) in [5, 5.41) is 0. The summed E-state index contributed by atoms with van der Waals surface area (Å²) in [6.07, 6.45) is 4.53. The monoisotopic (exact) mass is 286 g/mol. The average Bonchev–Trinajstić information content (AvgIpc) is 2.94. The van der Waals surface area contributed by atoms with Gasteiger partial charge in [0.05, 0.1) is 0 Å². The highest BCUT2D eigenvalue weighted by Crippen LogP contribution is 2.27. The molecule has 0 aliphatic carbocycles. The third-order valence-electron chi connectivity index (χ3n) is 4.77. The largest absolute Gasteiger partial charge is 0.489 e. The quantitative estimate of drug-likeness (QED) is 0.774. The first-order valence-electron chi connectivity index (χ1n) is 8.07. The third-order valence-corrected chi connectivity index (χ3v) is 4.77. The first-order valence-corrected chi connectivity index (χ1v) is 8.07. The van der Waals surface area contributed by atoms with Crippen molar-refractivity contribution in [2.24, 2.45) is 0 Å². The highest BCUT2D eigenvalue weighted by Gasteiger charge is 2.34. The summed E-state index contributed by atoms with van der Waals surface area (Å²) in [5.41, 5.74) is 1.29. The molecule has 21 heavy (non-hydrogen) atoms. The number of para-hydroxylation sites is 1. The Hall–Kier alpha value is -1.32. The molecule has 2 aliphatic rings. The fraction of sp³-hybridized carbons (Fsp3) is 0.556. The molecular formula is C18H26N2O. The molecule has 1 unspecified atom stereocenters. The van der Waals surface area contributed by atoms with Gasteiger partial charge in [-0.2, -0.15) is 0 Å². The molecule has 3 heteroatoms. The fourth-order valence-corrected chi connectivity index (χ4v) is 3.61. The summed E-state index contributed by atoms with van der Waals surface area (Å²) in [7, 11) is 0. The van der Waals surface area contributed by atoms with Crippen LogP contribution in [0, 0.1) is 0 Å². The molecule has 114 valence electrons. The molecule has 0 spiro atoms. The van der Waals surface area contributed by atoms with Crippen molar-refractivity contribution in [3.05, 3.63) is 42.5 Å². The van der Waals surface area contributed by atoms with Gasteiger partial charge in [0.15, 0.2) is 0 Å². The Morgan fingerprint density at radius 1 is 1.33 bits per heavy atom. The van der Waals surface area contributed by atoms with Gasteiger partial charge in [-0.05, 0) is 32.4 Å². The smallest absolute Gasteiger partial charge is 0.124 e. The molecule has 3 nitrogen and oxygen atoms in total. The standard InChI is InChI=1S/C18H26N2O/c1-3-11-21-18-9-5-4-7-16(18)13-20-14-17-8-6-10-19(17)12-15(20)2/h3-5,7,9,15,17H,1,6,8,10-14H2,2H3/t15-,17?/m1/s1. The van der Waals surface area contributed by atoms with Crippen molar-refractivity contribution >= 4 is 0 Å². The fourth-order valence-electron chi connectivity index (χ4n) is 3.61. The van der Waals surface area contributed by atoms with Crippen LogP contribution in [0.3, 0.4) is 0 Å². The molecule has 0 N–H and O–H groups in total. The lowest BCUT2D eigenvalue weighted by Crippen LogP contribution is -2.54. The summed E-state index contributed by atoms with van der Waals surface area (Å²) in [5.74, 6) is 0.999. The molecule has 2 atom stereocenters. The van der Waals surface area contributed by atoms with Gasteiger partial charge in [0.2, 0.25) is 0 Å². The molecule has 0 saturated carbocycles. The van der Waals surface area contributed by atoms with Crippen LogP contribution < -0.4 is 4.74 Å². The Balaban J connectivity index is 1.69. The predicted octanol–water partition coefficient (Wildman–Crippen LogP) is 2.92. The minimum atomic E-state index is 0.572. The minimum Gasteiger partial charge on any atom is -0.489 e. The highest BCUT2D eigenvalue weighted by molar-refractivity contribution is 5.33. The molecule has 1 aromatic carbocycles. The van der Waals surface area contributed by atoms with Crippen LogP contribution in [0.2, 0.25) is 0 Å². The van der Waals surface area contributed by atoms with Crippen LogP contribution in [0.5, 0.6) is 5.75 Å². The van der Waals surface area contributed by atoms with Crippen molar-refractivity contribution in [3.63, 3.8) is 0 Å². The minimum absolute atomic E-state index is 0.572. The molecule has 0 aromatic heterocycles. The van der Waals surface area contributed by atoms with Gasteiger partial charge in [-0.1, -0.05) is 30.9 Å². The summed E-state index contributed by atoms with van der Waals surface area (Å²) >= 11 is 0. The van der Waals surface area contributed by atoms with Gasteiger partial charge in [-0.3, -0.25) is 9.80 Å². The van der Waals surface area contributed by atoms with Crippen LogP contribution >= 0.6 is 0 Å². The number of hydrogen-bond acceptors (Lipinski definition) is 3. The average molecular weight is 286 g/mol. The number of fused-ring (bicyclic) bond motifs is 1. The highest BCUT2D eigenvalue weighted by atomic mass is 16.5. The topological polar surface area (TPSA) is 15.7 Å². The van der Waals surface area contributed by atoms with Crippen LogP contribution in [0.15, 0.2) is 36.9 Å². The first-order chi connectivity index (χ1) is 10.3. The Morgan fingerprint density at radius 3 is 3.05 bits per heavy atom. The second-order valence-corrected chi connectivity index (χ2v) is 6.28. The lowest BCUT2D eigenvalue weighted by atomic mass is 10.1. The van der Waals surface area contributed by atoms with Gasteiger partial charge in [0.25, 0.3) is 0 Å². The zero-order valence-electron chi connectivity index (χ0n) is 13.0. The van der Waals surface area contributed by atoms with Crippen molar-refractivity contribution in [1.82, 2.24) is 9.80 Å². The molecule has 0 radical (unpaired) electrons. The number of ether oxygens (including phenoxy) is 1. The van der Waals surface area contributed by atoms with Crippen LogP contribution in [-0.2, 0) is 6.54 Å². The van der Waals surface area contributed by atoms with E-state index in [9.17, 15) is 0 Å². The van der Waals surface area contributed by atoms with E-state index in [4.69, 9.17) is 4.74 Å². The first kappa shape index (κ1) is 14.6. The SMILES string of the molecule is C=CCOc1ccccc1CN1CC2CCCN2C[C@H]1C. The molecule has 3 rings (SSSR count). The van der Waals surface area contributed by atoms with Crippen LogP contribution in [0.1, 0.15) is 25.3 Å². The number of rotatable bonds is 5. The van der Waals surface area contributed by atoms with Gasteiger partial charge >= 0.3 is 0 Å². The molecule has 2 aliphatic heterocycles. The zero-order valence-corrected chi connectivity index (χ0v) is 13.0. The van der Waals surface area contributed by atoms with Crippen LogP contribution in [0.4, 0.5) is 0 Å². The normalized spacial score (nSPS) is 26.5. The predicted molar refractivity (Wildman–Crippen MR) is 86.6 cm³/mol. The van der Waals surface area contributed by atoms with E-state index in [1.54, 1.807) is 6.08 Å². The summed E-state index contributed by atoms with van der Waals surface area (Å²) in [6, 6.07) is 9.78. The molecule has 2 heterocycles. The van der Waals surface area contributed by atoms with Crippen molar-refractivity contribution in [3.8, 4) is 5.75 Å². The number of nitrogens with zero attached hydrogens (tertiary/aromatic N) is 2. The zero-order chi connectivity index (χ0) is 14.7. The molecular weight excluding hydrogens is 260 g/mol. The summed E-state index contributed by atoms with van der Waals surface area (Å²) in [4.78, 5) is 5.28. The van der Waals surface area contributed by atoms with Gasteiger partial charge in [-0.25, -0.2) is 0 Å². The number of piperazine rings is 1. The van der Waals surface area contributed by atoms with E-state index in [0.29, 0.717) is 12.6 Å². The molecule has 0 bridgehead atoms. The van der Waals surface area contributed by atoms with Gasteiger partial charge in [0.1, 0.15) is 12.4 Å². The van der Waals surface area contributed by atoms with Crippen LogP contribution in [0.25, 0.3) is 0 Å². The molecule has 0 amide bonds. The third kappa shape index (κ3) is 3.30. The van der Waals surface area contributed by atoms with E-state index in [0.717, 1.165) is 18.3 Å². The maximum absolute atomic E-state index is 5.79. The Labute approximate surface area is 128 Å². The van der Waals surface area contributed by atoms with Gasteiger partial charge in [0, 0.05) is 37.3 Å². The summed E-state index contributed by atoms with van der Waals surface area (Å²) < 4.78 is 5.79. The molecule has 2 saturated heterocycles. The van der Waals surface area contributed by atoms with E-state index >= 15 is 0 Å². The van der Waals surface area contributed by atoms with E-state index in [1.165, 1.54) is 38.0 Å². The van der Waals surface area contributed by atoms with E-state index in [-0.39, 0.29) is 0 Å². The maximum Gasteiger partial charge on any atom is 0.124 e. The lowest BCUT2D eigenvalue weighted by Gasteiger charge is -2.42. The van der Waals surface area contributed by atoms with Crippen LogP contribution in [-0.4, -0.2) is 48.1 Å². The van der Waals surface area contributed by atoms with Crippen molar-refractivity contribution in [1.29, 1.82) is 0 Å². The second-order valence-electron chi connectivity index (χ2n) is 6.28. The van der Waals surface area contributed by atoms with Crippen molar-refractivity contribution in [2.45, 2.75) is 38.4 Å². The Bertz CT molecular complexity index is 488. The number of hydrogen-bond donors (Lipinski definition) is 0. The van der Waals surface area contributed by atoms with E-state index < -0.39 is 0 Å². The summed E-state index contributed by atoms with van der Waals surface area (Å²) in [6.45, 7) is 11.3. The Kier molecular flexibility index (Phi) is 4.61.